The molecule has 0 atom stereocenters. The number of rotatable bonds is 2. The van der Waals surface area contributed by atoms with Crippen LogP contribution in [0, 0.1) is 0 Å². The molecule has 0 spiro atoms. The standard InChI is InChI=1S/C7H7.ClH.Mg.H4Si.Ti/c1-7-5-3-2-4-6-7;;;;/h2-6H,1H2;1H;;1H4;/q;;+1;;/p-1. The zero-order valence-electron chi connectivity index (χ0n) is 5.68. The molecular formula is C7H11ClMgSiTi. The Morgan fingerprint density at radius 2 is 1.73 bits per heavy atom. The molecule has 0 saturated heterocycles. The van der Waals surface area contributed by atoms with Crippen LogP contribution in [0.2, 0.25) is 0 Å². The van der Waals surface area contributed by atoms with Crippen molar-refractivity contribution in [3.63, 3.8) is 0 Å². The quantitative estimate of drug-likeness (QED) is 0.653. The predicted octanol–water partition coefficient (Wildman–Crippen LogP) is 0.590. The van der Waals surface area contributed by atoms with Crippen LogP contribution >= 0.6 is 9.07 Å². The molecule has 1 aromatic rings. The molecule has 0 aliphatic carbocycles. The fourth-order valence-electron chi connectivity index (χ4n) is 0.754. The van der Waals surface area contributed by atoms with Gasteiger partial charge in [0.25, 0.3) is 0 Å². The summed E-state index contributed by atoms with van der Waals surface area (Å²) in [4.78, 5) is 0. The Labute approximate surface area is 101 Å². The van der Waals surface area contributed by atoms with E-state index in [2.05, 4.69) is 24.3 Å². The average Bonchev–Trinajstić information content (AvgIpc) is 1.91. The molecule has 1 rings (SSSR count). The summed E-state index contributed by atoms with van der Waals surface area (Å²) < 4.78 is 1.11. The summed E-state index contributed by atoms with van der Waals surface area (Å²) in [5, 5.41) is 0. The average molecular weight is 231 g/mol. The van der Waals surface area contributed by atoms with Crippen molar-refractivity contribution >= 4 is 39.3 Å². The molecule has 4 heteroatoms. The predicted molar refractivity (Wildman–Crippen MR) is 53.1 cm³/mol. The van der Waals surface area contributed by atoms with E-state index in [-0.39, 0.29) is 51.9 Å². The van der Waals surface area contributed by atoms with Crippen molar-refractivity contribution in [2.24, 2.45) is 0 Å². The van der Waals surface area contributed by atoms with Crippen LogP contribution in [-0.2, 0) is 26.3 Å². The normalized spacial score (nSPS) is 7.00. The van der Waals surface area contributed by atoms with Crippen molar-refractivity contribution in [1.29, 1.82) is 0 Å². The maximum Gasteiger partial charge on any atom is 0.505 e. The second kappa shape index (κ2) is 9.30. The number of hydrogen-bond acceptors (Lipinski definition) is 0. The minimum absolute atomic E-state index is 0. The third kappa shape index (κ3) is 6.38. The Kier molecular flexibility index (Phi) is 12.4. The van der Waals surface area contributed by atoms with E-state index in [4.69, 9.17) is 9.07 Å². The molecule has 0 aromatic heterocycles. The Morgan fingerprint density at radius 1 is 1.18 bits per heavy atom. The molecule has 56 valence electrons. The minimum atomic E-state index is -0.312. The van der Waals surface area contributed by atoms with E-state index in [1.807, 2.05) is 6.07 Å². The summed E-state index contributed by atoms with van der Waals surface area (Å²) in [5.74, 6) is 0. The minimum Gasteiger partial charge on any atom is -0.345 e. The zero-order chi connectivity index (χ0) is 6.53. The summed E-state index contributed by atoms with van der Waals surface area (Å²) in [6.07, 6.45) is 0. The molecule has 0 bridgehead atoms. The van der Waals surface area contributed by atoms with Crippen LogP contribution < -0.4 is 0 Å². The third-order valence-electron chi connectivity index (χ3n) is 1.23. The van der Waals surface area contributed by atoms with Gasteiger partial charge < -0.3 is 9.07 Å². The summed E-state index contributed by atoms with van der Waals surface area (Å²) in [5.41, 5.74) is 1.37. The molecular weight excluding hydrogens is 220 g/mol. The third-order valence-corrected chi connectivity index (χ3v) is 2.56. The monoisotopic (exact) mass is 230 g/mol. The van der Waals surface area contributed by atoms with Gasteiger partial charge in [-0.15, -0.1) is 0 Å². The van der Waals surface area contributed by atoms with Gasteiger partial charge in [0.05, 0.1) is 0 Å². The zero-order valence-corrected chi connectivity index (χ0v) is 9.41. The van der Waals surface area contributed by atoms with E-state index >= 15 is 0 Å². The fraction of sp³-hybridized carbons (Fsp3) is 0.143. The first-order valence-electron chi connectivity index (χ1n) is 3.03. The van der Waals surface area contributed by atoms with Gasteiger partial charge in [0.15, 0.2) is 0 Å². The molecule has 0 saturated carbocycles. The van der Waals surface area contributed by atoms with Gasteiger partial charge in [-0.3, -0.25) is 0 Å². The molecule has 0 amide bonds. The van der Waals surface area contributed by atoms with E-state index < -0.39 is 0 Å². The van der Waals surface area contributed by atoms with Crippen LogP contribution in [0.1, 0.15) is 5.56 Å². The first kappa shape index (κ1) is 14.7. The summed E-state index contributed by atoms with van der Waals surface area (Å²) >= 11 is -0.312. The van der Waals surface area contributed by atoms with Gasteiger partial charge in [-0.1, -0.05) is 40.4 Å². The van der Waals surface area contributed by atoms with Gasteiger partial charge in [0.2, 0.25) is 0 Å². The van der Waals surface area contributed by atoms with Crippen LogP contribution in [0.5, 0.6) is 0 Å². The van der Waals surface area contributed by atoms with E-state index in [1.54, 1.807) is 0 Å². The fourth-order valence-corrected chi connectivity index (χ4v) is 1.96. The molecule has 0 radical (unpaired) electrons. The Bertz CT molecular complexity index is 171. The van der Waals surface area contributed by atoms with E-state index in [0.717, 1.165) is 4.55 Å². The summed E-state index contributed by atoms with van der Waals surface area (Å²) in [6.45, 7) is 0. The Hall–Kier alpha value is 1.21. The van der Waals surface area contributed by atoms with Crippen molar-refractivity contribution < 1.29 is 21.7 Å². The molecule has 0 nitrogen and oxygen atoms in total. The molecule has 0 aliphatic heterocycles. The van der Waals surface area contributed by atoms with Crippen LogP contribution in [0.25, 0.3) is 0 Å². The van der Waals surface area contributed by atoms with Crippen LogP contribution in [0.3, 0.4) is 0 Å². The van der Waals surface area contributed by atoms with Gasteiger partial charge >= 0.3 is 19.3 Å². The largest absolute Gasteiger partial charge is 0.505 e. The number of hydrogen-bond donors (Lipinski definition) is 0. The van der Waals surface area contributed by atoms with Crippen molar-refractivity contribution in [1.82, 2.24) is 0 Å². The summed E-state index contributed by atoms with van der Waals surface area (Å²) in [6, 6.07) is 10.4. The molecule has 1 aromatic carbocycles. The first-order valence-corrected chi connectivity index (χ1v) is 6.17. The van der Waals surface area contributed by atoms with Gasteiger partial charge in [0, 0.05) is 21.7 Å². The molecule has 0 fully saturated rings. The number of benzene rings is 1. The van der Waals surface area contributed by atoms with Gasteiger partial charge in [-0.05, 0) is 11.0 Å². The maximum absolute atomic E-state index is 5.67. The van der Waals surface area contributed by atoms with Crippen molar-refractivity contribution in [3.8, 4) is 0 Å². The number of halogens is 1. The second-order valence-corrected chi connectivity index (χ2v) is 3.94. The second-order valence-electron chi connectivity index (χ2n) is 1.92. The van der Waals surface area contributed by atoms with E-state index in [0.29, 0.717) is 0 Å². The van der Waals surface area contributed by atoms with Gasteiger partial charge in [-0.25, -0.2) is 0 Å². The van der Waals surface area contributed by atoms with E-state index in [9.17, 15) is 0 Å². The van der Waals surface area contributed by atoms with Crippen LogP contribution in [-0.4, -0.2) is 30.2 Å². The molecule has 0 aliphatic rings. The molecule has 0 unspecified atom stereocenters. The van der Waals surface area contributed by atoms with Crippen molar-refractivity contribution in [2.45, 2.75) is 4.55 Å². The summed E-state index contributed by atoms with van der Waals surface area (Å²) in [7, 11) is 5.67. The SMILES string of the molecule is [Cl][Mg][CH2]c1ccccc1.[SiH4].[Ti]. The molecule has 11 heavy (non-hydrogen) atoms. The van der Waals surface area contributed by atoms with E-state index in [1.165, 1.54) is 5.56 Å². The van der Waals surface area contributed by atoms with Crippen LogP contribution in [0.4, 0.5) is 0 Å². The topological polar surface area (TPSA) is 0 Å². The Morgan fingerprint density at radius 3 is 2.18 bits per heavy atom. The van der Waals surface area contributed by atoms with Crippen LogP contribution in [0.15, 0.2) is 30.3 Å². The Balaban J connectivity index is 0. The van der Waals surface area contributed by atoms with Gasteiger partial charge in [-0.2, -0.15) is 0 Å². The molecule has 0 N–H and O–H groups in total. The first-order chi connectivity index (χ1) is 4.43. The maximum atomic E-state index is 5.67. The van der Waals surface area contributed by atoms with Gasteiger partial charge in [0.1, 0.15) is 0 Å². The molecule has 0 heterocycles. The van der Waals surface area contributed by atoms with Crippen molar-refractivity contribution in [3.05, 3.63) is 35.9 Å². The van der Waals surface area contributed by atoms with Crippen molar-refractivity contribution in [2.75, 3.05) is 0 Å². The smallest absolute Gasteiger partial charge is 0.345 e.